The molecule has 0 aromatic carbocycles. The number of nitrogens with one attached hydrogen (secondary N) is 1. The van der Waals surface area contributed by atoms with Gasteiger partial charge in [-0.05, 0) is 24.8 Å². The highest BCUT2D eigenvalue weighted by atomic mass is 32.2. The zero-order valence-electron chi connectivity index (χ0n) is 10.3. The van der Waals surface area contributed by atoms with Gasteiger partial charge >= 0.3 is 0 Å². The number of pyridine rings is 1. The van der Waals surface area contributed by atoms with Crippen molar-refractivity contribution in [3.63, 3.8) is 0 Å². The van der Waals surface area contributed by atoms with Gasteiger partial charge in [0, 0.05) is 25.4 Å². The van der Waals surface area contributed by atoms with Crippen LogP contribution < -0.4 is 11.3 Å². The zero-order valence-corrected chi connectivity index (χ0v) is 11.2. The summed E-state index contributed by atoms with van der Waals surface area (Å²) in [5.74, 6) is 6.18. The van der Waals surface area contributed by atoms with Crippen LogP contribution in [0, 0.1) is 5.92 Å². The summed E-state index contributed by atoms with van der Waals surface area (Å²) in [7, 11) is -3.42. The Kier molecular flexibility index (Phi) is 3.84. The Morgan fingerprint density at radius 2 is 2.11 bits per heavy atom. The summed E-state index contributed by atoms with van der Waals surface area (Å²) < 4.78 is 26.3. The van der Waals surface area contributed by atoms with Gasteiger partial charge in [0.25, 0.3) is 0 Å². The van der Waals surface area contributed by atoms with Gasteiger partial charge in [0.15, 0.2) is 0 Å². The van der Waals surface area contributed by atoms with Gasteiger partial charge in [-0.3, -0.25) is 0 Å². The van der Waals surface area contributed by atoms with Gasteiger partial charge in [-0.1, -0.05) is 6.92 Å². The van der Waals surface area contributed by atoms with Crippen LogP contribution in [0.3, 0.4) is 0 Å². The molecule has 7 heteroatoms. The molecule has 100 valence electrons. The smallest absolute Gasteiger partial charge is 0.243 e. The van der Waals surface area contributed by atoms with E-state index in [2.05, 4.69) is 17.3 Å². The molecule has 0 bridgehead atoms. The van der Waals surface area contributed by atoms with Gasteiger partial charge in [0.05, 0.1) is 4.90 Å². The molecule has 0 spiro atoms. The van der Waals surface area contributed by atoms with Crippen LogP contribution in [0.5, 0.6) is 0 Å². The number of nitrogen functional groups attached to an aromatic ring is 1. The average Bonchev–Trinajstić information content (AvgIpc) is 2.39. The van der Waals surface area contributed by atoms with E-state index in [0.29, 0.717) is 24.8 Å². The van der Waals surface area contributed by atoms with E-state index in [-0.39, 0.29) is 4.90 Å². The minimum atomic E-state index is -3.42. The highest BCUT2D eigenvalue weighted by Gasteiger charge is 2.28. The monoisotopic (exact) mass is 270 g/mol. The summed E-state index contributed by atoms with van der Waals surface area (Å²) >= 11 is 0. The number of sulfonamides is 1. The molecule has 0 amide bonds. The number of anilines is 1. The van der Waals surface area contributed by atoms with E-state index in [1.807, 2.05) is 0 Å². The first-order valence-corrected chi connectivity index (χ1v) is 7.41. The number of rotatable bonds is 3. The lowest BCUT2D eigenvalue weighted by atomic mass is 10.0. The molecular weight excluding hydrogens is 252 g/mol. The molecule has 1 fully saturated rings. The van der Waals surface area contributed by atoms with Crippen molar-refractivity contribution >= 4 is 15.8 Å². The third-order valence-electron chi connectivity index (χ3n) is 3.26. The predicted molar refractivity (Wildman–Crippen MR) is 69.2 cm³/mol. The number of hydrogen-bond donors (Lipinski definition) is 2. The maximum atomic E-state index is 12.4. The molecule has 2 rings (SSSR count). The van der Waals surface area contributed by atoms with Crippen molar-refractivity contribution < 1.29 is 8.42 Å². The molecule has 1 aromatic heterocycles. The zero-order chi connectivity index (χ0) is 13.2. The molecule has 18 heavy (non-hydrogen) atoms. The Hall–Kier alpha value is -1.18. The Labute approximate surface area is 107 Å². The largest absolute Gasteiger partial charge is 0.308 e. The summed E-state index contributed by atoms with van der Waals surface area (Å²) in [6.45, 7) is 3.31. The van der Waals surface area contributed by atoms with Crippen LogP contribution in [0.25, 0.3) is 0 Å². The van der Waals surface area contributed by atoms with Crippen molar-refractivity contribution in [2.24, 2.45) is 11.8 Å². The molecule has 0 radical (unpaired) electrons. The normalized spacial score (nSPS) is 18.8. The van der Waals surface area contributed by atoms with Crippen molar-refractivity contribution in [2.45, 2.75) is 24.7 Å². The van der Waals surface area contributed by atoms with Crippen molar-refractivity contribution in [3.8, 4) is 0 Å². The first-order chi connectivity index (χ1) is 8.54. The molecular formula is C11H18N4O2S. The topological polar surface area (TPSA) is 88.3 Å². The lowest BCUT2D eigenvalue weighted by molar-refractivity contribution is 0.288. The fraction of sp³-hybridized carbons (Fsp3) is 0.545. The van der Waals surface area contributed by atoms with Crippen LogP contribution in [0.15, 0.2) is 23.2 Å². The Bertz CT molecular complexity index is 510. The maximum Gasteiger partial charge on any atom is 0.243 e. The first-order valence-electron chi connectivity index (χ1n) is 5.97. The second-order valence-corrected chi connectivity index (χ2v) is 6.55. The van der Waals surface area contributed by atoms with Crippen LogP contribution in [0.2, 0.25) is 0 Å². The first kappa shape index (κ1) is 13.3. The lowest BCUT2D eigenvalue weighted by Crippen LogP contribution is -2.37. The minimum absolute atomic E-state index is 0.236. The van der Waals surface area contributed by atoms with Crippen LogP contribution in [0.4, 0.5) is 5.82 Å². The van der Waals surface area contributed by atoms with E-state index in [9.17, 15) is 8.42 Å². The third-order valence-corrected chi connectivity index (χ3v) is 5.15. The number of nitrogens with two attached hydrogens (primary N) is 1. The molecule has 2 heterocycles. The summed E-state index contributed by atoms with van der Waals surface area (Å²) in [5, 5.41) is 0. The van der Waals surface area contributed by atoms with Gasteiger partial charge in [-0.15, -0.1) is 0 Å². The number of piperidine rings is 1. The number of hydrazine groups is 1. The van der Waals surface area contributed by atoms with E-state index in [4.69, 9.17) is 5.84 Å². The van der Waals surface area contributed by atoms with Crippen LogP contribution in [-0.2, 0) is 10.0 Å². The molecule has 1 aliphatic heterocycles. The van der Waals surface area contributed by atoms with Gasteiger partial charge in [0.1, 0.15) is 5.82 Å². The lowest BCUT2D eigenvalue weighted by Gasteiger charge is -2.29. The highest BCUT2D eigenvalue weighted by Crippen LogP contribution is 2.23. The standard InChI is InChI=1S/C11H18N4O2S/c1-9-3-6-15(7-4-9)18(16,17)10-2-5-13-11(8-10)14-12/h2,5,8-9H,3-4,6-7,12H2,1H3,(H,13,14). The third kappa shape index (κ3) is 2.63. The SMILES string of the molecule is CC1CCN(S(=O)(=O)c2ccnc(NN)c2)CC1. The van der Waals surface area contributed by atoms with E-state index >= 15 is 0 Å². The van der Waals surface area contributed by atoms with E-state index in [1.54, 1.807) is 0 Å². The average molecular weight is 270 g/mol. The molecule has 0 unspecified atom stereocenters. The number of aromatic nitrogens is 1. The van der Waals surface area contributed by atoms with Gasteiger partial charge < -0.3 is 5.43 Å². The summed E-state index contributed by atoms with van der Waals surface area (Å²) in [4.78, 5) is 4.15. The van der Waals surface area contributed by atoms with Crippen LogP contribution >= 0.6 is 0 Å². The summed E-state index contributed by atoms with van der Waals surface area (Å²) in [6.07, 6.45) is 3.26. The van der Waals surface area contributed by atoms with Crippen LogP contribution in [-0.4, -0.2) is 30.8 Å². The van der Waals surface area contributed by atoms with Crippen molar-refractivity contribution in [3.05, 3.63) is 18.3 Å². The van der Waals surface area contributed by atoms with Gasteiger partial charge in [-0.2, -0.15) is 4.31 Å². The highest BCUT2D eigenvalue weighted by molar-refractivity contribution is 7.89. The van der Waals surface area contributed by atoms with E-state index < -0.39 is 10.0 Å². The molecule has 3 N–H and O–H groups in total. The van der Waals surface area contributed by atoms with E-state index in [0.717, 1.165) is 12.8 Å². The predicted octanol–water partition coefficient (Wildman–Crippen LogP) is 0.788. The van der Waals surface area contributed by atoms with Crippen LogP contribution in [0.1, 0.15) is 19.8 Å². The van der Waals surface area contributed by atoms with Gasteiger partial charge in [0.2, 0.25) is 10.0 Å². The second kappa shape index (κ2) is 5.21. The van der Waals surface area contributed by atoms with Crippen molar-refractivity contribution in [1.29, 1.82) is 0 Å². The number of hydrogen-bond acceptors (Lipinski definition) is 5. The fourth-order valence-electron chi connectivity index (χ4n) is 2.02. The Balaban J connectivity index is 2.24. The Morgan fingerprint density at radius 1 is 1.44 bits per heavy atom. The molecule has 1 aromatic rings. The molecule has 6 nitrogen and oxygen atoms in total. The quantitative estimate of drug-likeness (QED) is 0.626. The van der Waals surface area contributed by atoms with Crippen molar-refractivity contribution in [2.75, 3.05) is 18.5 Å². The van der Waals surface area contributed by atoms with Crippen molar-refractivity contribution in [1.82, 2.24) is 9.29 Å². The second-order valence-electron chi connectivity index (χ2n) is 4.61. The summed E-state index contributed by atoms with van der Waals surface area (Å²) in [6, 6.07) is 2.95. The van der Waals surface area contributed by atoms with Gasteiger partial charge in [-0.25, -0.2) is 19.2 Å². The molecule has 1 aliphatic rings. The number of nitrogens with zero attached hydrogens (tertiary/aromatic N) is 2. The summed E-state index contributed by atoms with van der Waals surface area (Å²) in [5.41, 5.74) is 2.36. The fourth-order valence-corrected chi connectivity index (χ4v) is 3.51. The Morgan fingerprint density at radius 3 is 2.72 bits per heavy atom. The van der Waals surface area contributed by atoms with E-state index in [1.165, 1.54) is 22.6 Å². The molecule has 1 saturated heterocycles. The molecule has 0 saturated carbocycles. The molecule has 0 atom stereocenters. The maximum absolute atomic E-state index is 12.4. The minimum Gasteiger partial charge on any atom is -0.308 e. The molecule has 0 aliphatic carbocycles.